The average Bonchev–Trinajstić information content (AvgIpc) is 2.78. The largest absolute Gasteiger partial charge is 0.478 e. The zero-order chi connectivity index (χ0) is 15.1. The van der Waals surface area contributed by atoms with Crippen LogP contribution in [0.4, 0.5) is 4.39 Å². The number of benzene rings is 1. The minimum Gasteiger partial charge on any atom is -0.478 e. The van der Waals surface area contributed by atoms with Crippen LogP contribution in [0.3, 0.4) is 0 Å². The van der Waals surface area contributed by atoms with E-state index in [1.54, 1.807) is 0 Å². The van der Waals surface area contributed by atoms with Gasteiger partial charge in [0.15, 0.2) is 5.82 Å². The van der Waals surface area contributed by atoms with Crippen LogP contribution in [-0.2, 0) is 10.0 Å². The van der Waals surface area contributed by atoms with E-state index in [1.807, 2.05) is 0 Å². The Balaban J connectivity index is 2.55. The summed E-state index contributed by atoms with van der Waals surface area (Å²) in [6.07, 6.45) is -0.528. The predicted octanol–water partition coefficient (Wildman–Crippen LogP) is 1.04. The Morgan fingerprint density at radius 2 is 2.10 bits per heavy atom. The zero-order valence-electron chi connectivity index (χ0n) is 10.1. The van der Waals surface area contributed by atoms with Crippen LogP contribution in [0.5, 0.6) is 0 Å². The minimum absolute atomic E-state index is 0.0673. The average molecular weight is 368 g/mol. The molecule has 9 heteroatoms. The molecule has 0 aliphatic carbocycles. The lowest BCUT2D eigenvalue weighted by molar-refractivity contribution is 0.0691. The second kappa shape index (κ2) is 5.40. The summed E-state index contributed by atoms with van der Waals surface area (Å²) in [6, 6.07) is 2.01. The van der Waals surface area contributed by atoms with Gasteiger partial charge in [-0.2, -0.15) is 4.31 Å². The molecule has 1 heterocycles. The standard InChI is InChI=1S/C11H11BrFNO5S/c12-6-3-8(11(16)17)10(13)9(4-6)20(18,19)14-2-1-7(15)5-14/h3-4,7,15H,1-2,5H2,(H,16,17)/t7-/m0/s1. The van der Waals surface area contributed by atoms with Crippen molar-refractivity contribution in [2.45, 2.75) is 17.4 Å². The van der Waals surface area contributed by atoms with Crippen molar-refractivity contribution in [2.24, 2.45) is 0 Å². The SMILES string of the molecule is O=C(O)c1cc(Br)cc(S(=O)(=O)N2CC[C@H](O)C2)c1F. The number of rotatable bonds is 3. The van der Waals surface area contributed by atoms with E-state index in [0.717, 1.165) is 16.4 Å². The maximum atomic E-state index is 14.1. The van der Waals surface area contributed by atoms with Gasteiger partial charge < -0.3 is 10.2 Å². The Labute approximate surface area is 123 Å². The molecule has 1 aliphatic heterocycles. The molecule has 0 bridgehead atoms. The van der Waals surface area contributed by atoms with E-state index >= 15 is 0 Å². The molecular weight excluding hydrogens is 357 g/mol. The van der Waals surface area contributed by atoms with E-state index in [4.69, 9.17) is 5.11 Å². The van der Waals surface area contributed by atoms with Crippen LogP contribution in [0.15, 0.2) is 21.5 Å². The molecule has 1 fully saturated rings. The fourth-order valence-electron chi connectivity index (χ4n) is 1.98. The Bertz CT molecular complexity index is 663. The number of carbonyl (C=O) groups is 1. The Kier molecular flexibility index (Phi) is 4.14. The van der Waals surface area contributed by atoms with Gasteiger partial charge in [0.2, 0.25) is 10.0 Å². The van der Waals surface area contributed by atoms with Gasteiger partial charge in [0.25, 0.3) is 0 Å². The summed E-state index contributed by atoms with van der Waals surface area (Å²) < 4.78 is 39.7. The van der Waals surface area contributed by atoms with Crippen LogP contribution in [0.2, 0.25) is 0 Å². The van der Waals surface area contributed by atoms with E-state index in [1.165, 1.54) is 0 Å². The normalized spacial score (nSPS) is 20.2. The quantitative estimate of drug-likeness (QED) is 0.832. The van der Waals surface area contributed by atoms with Crippen molar-refractivity contribution in [3.05, 3.63) is 28.0 Å². The fraction of sp³-hybridized carbons (Fsp3) is 0.364. The number of aliphatic hydroxyl groups excluding tert-OH is 1. The first-order valence-electron chi connectivity index (χ1n) is 5.64. The lowest BCUT2D eigenvalue weighted by atomic mass is 10.2. The third-order valence-corrected chi connectivity index (χ3v) is 5.30. The molecule has 1 aliphatic rings. The highest BCUT2D eigenvalue weighted by molar-refractivity contribution is 9.10. The summed E-state index contributed by atoms with van der Waals surface area (Å²) in [5.74, 6) is -2.86. The van der Waals surface area contributed by atoms with E-state index in [-0.39, 0.29) is 24.0 Å². The van der Waals surface area contributed by atoms with E-state index in [2.05, 4.69) is 15.9 Å². The Morgan fingerprint density at radius 3 is 2.60 bits per heavy atom. The molecule has 1 aromatic carbocycles. The second-order valence-electron chi connectivity index (χ2n) is 4.38. The van der Waals surface area contributed by atoms with Crippen molar-refractivity contribution in [3.8, 4) is 0 Å². The van der Waals surface area contributed by atoms with Gasteiger partial charge in [-0.05, 0) is 18.6 Å². The van der Waals surface area contributed by atoms with Crippen molar-refractivity contribution in [2.75, 3.05) is 13.1 Å². The molecule has 20 heavy (non-hydrogen) atoms. The van der Waals surface area contributed by atoms with Crippen LogP contribution >= 0.6 is 15.9 Å². The van der Waals surface area contributed by atoms with Crippen LogP contribution in [-0.4, -0.2) is 48.1 Å². The first-order valence-corrected chi connectivity index (χ1v) is 7.87. The monoisotopic (exact) mass is 367 g/mol. The van der Waals surface area contributed by atoms with Crippen molar-refractivity contribution in [3.63, 3.8) is 0 Å². The Morgan fingerprint density at radius 1 is 1.45 bits per heavy atom. The molecule has 0 radical (unpaired) electrons. The third-order valence-electron chi connectivity index (χ3n) is 2.98. The molecule has 2 N–H and O–H groups in total. The maximum Gasteiger partial charge on any atom is 0.338 e. The van der Waals surface area contributed by atoms with E-state index < -0.39 is 38.4 Å². The van der Waals surface area contributed by atoms with Gasteiger partial charge >= 0.3 is 5.97 Å². The van der Waals surface area contributed by atoms with Gasteiger partial charge in [-0.1, -0.05) is 15.9 Å². The van der Waals surface area contributed by atoms with Gasteiger partial charge in [0, 0.05) is 17.6 Å². The topological polar surface area (TPSA) is 94.9 Å². The number of β-amino-alcohol motifs (C(OH)–C–C–N with tert-alkyl or cyclic N) is 1. The highest BCUT2D eigenvalue weighted by atomic mass is 79.9. The first kappa shape index (κ1) is 15.4. The summed E-state index contributed by atoms with van der Waals surface area (Å²) in [7, 11) is -4.18. The number of nitrogens with zero attached hydrogens (tertiary/aromatic N) is 1. The lowest BCUT2D eigenvalue weighted by Crippen LogP contribution is -2.30. The van der Waals surface area contributed by atoms with E-state index in [0.29, 0.717) is 0 Å². The number of hydrogen-bond donors (Lipinski definition) is 2. The molecule has 6 nitrogen and oxygen atoms in total. The van der Waals surface area contributed by atoms with Crippen molar-refractivity contribution < 1.29 is 27.8 Å². The van der Waals surface area contributed by atoms with Crippen LogP contribution in [0, 0.1) is 5.82 Å². The summed E-state index contributed by atoms with van der Waals surface area (Å²) in [6.45, 7) is -0.0610. The highest BCUT2D eigenvalue weighted by Gasteiger charge is 2.35. The maximum absolute atomic E-state index is 14.1. The third kappa shape index (κ3) is 2.71. The molecular formula is C11H11BrFNO5S. The molecule has 0 aromatic heterocycles. The predicted molar refractivity (Wildman–Crippen MR) is 70.4 cm³/mol. The summed E-state index contributed by atoms with van der Waals surface area (Å²) in [5.41, 5.74) is -0.724. The minimum atomic E-state index is -4.18. The van der Waals surface area contributed by atoms with E-state index in [9.17, 15) is 22.7 Å². The number of sulfonamides is 1. The molecule has 0 spiro atoms. The first-order chi connectivity index (χ1) is 9.23. The van der Waals surface area contributed by atoms with Crippen LogP contribution < -0.4 is 0 Å². The number of hydrogen-bond acceptors (Lipinski definition) is 4. The lowest BCUT2D eigenvalue weighted by Gasteiger charge is -2.17. The van der Waals surface area contributed by atoms with Gasteiger partial charge in [-0.15, -0.1) is 0 Å². The van der Waals surface area contributed by atoms with Gasteiger partial charge in [0.05, 0.1) is 11.7 Å². The van der Waals surface area contributed by atoms with Gasteiger partial charge in [0.1, 0.15) is 4.90 Å². The van der Waals surface area contributed by atoms with Crippen molar-refractivity contribution in [1.82, 2.24) is 4.31 Å². The number of carboxylic acids is 1. The second-order valence-corrected chi connectivity index (χ2v) is 7.20. The number of halogens is 2. The molecule has 110 valence electrons. The highest BCUT2D eigenvalue weighted by Crippen LogP contribution is 2.28. The molecule has 1 aromatic rings. The number of aliphatic hydroxyl groups is 1. The number of carboxylic acid groups (broad SMARTS) is 1. The molecule has 0 amide bonds. The Hall–Kier alpha value is -1.03. The fourth-order valence-corrected chi connectivity index (χ4v) is 4.19. The molecule has 1 saturated heterocycles. The molecule has 0 saturated carbocycles. The van der Waals surface area contributed by atoms with Crippen molar-refractivity contribution in [1.29, 1.82) is 0 Å². The van der Waals surface area contributed by atoms with Crippen LogP contribution in [0.25, 0.3) is 0 Å². The summed E-state index contributed by atoms with van der Waals surface area (Å²) in [4.78, 5) is 10.2. The van der Waals surface area contributed by atoms with Crippen molar-refractivity contribution >= 4 is 31.9 Å². The molecule has 0 unspecified atom stereocenters. The van der Waals surface area contributed by atoms with Gasteiger partial charge in [-0.3, -0.25) is 0 Å². The number of aromatic carboxylic acids is 1. The zero-order valence-corrected chi connectivity index (χ0v) is 12.5. The van der Waals surface area contributed by atoms with Gasteiger partial charge in [-0.25, -0.2) is 17.6 Å². The summed E-state index contributed by atoms with van der Waals surface area (Å²) in [5, 5.41) is 18.3. The summed E-state index contributed by atoms with van der Waals surface area (Å²) >= 11 is 2.97. The van der Waals surface area contributed by atoms with Crippen LogP contribution in [0.1, 0.15) is 16.8 Å². The molecule has 2 rings (SSSR count). The molecule has 1 atom stereocenters. The smallest absolute Gasteiger partial charge is 0.338 e.